The monoisotopic (exact) mass is 233 g/mol. The van der Waals surface area contributed by atoms with E-state index in [1.54, 1.807) is 0 Å². The molecule has 0 saturated carbocycles. The van der Waals surface area contributed by atoms with Crippen LogP contribution in [0.15, 0.2) is 24.3 Å². The Morgan fingerprint density at radius 3 is 1.88 bits per heavy atom. The maximum absolute atomic E-state index is 3.76. The fourth-order valence-electron chi connectivity index (χ4n) is 2.24. The molecule has 0 aromatic heterocycles. The number of aryl methyl sites for hydroxylation is 1. The fourth-order valence-corrected chi connectivity index (χ4v) is 2.24. The summed E-state index contributed by atoms with van der Waals surface area (Å²) in [6.45, 7) is 8.98. The van der Waals surface area contributed by atoms with E-state index in [2.05, 4.69) is 57.3 Å². The van der Waals surface area contributed by atoms with Crippen LogP contribution < -0.4 is 5.32 Å². The highest BCUT2D eigenvalue weighted by atomic mass is 14.9. The van der Waals surface area contributed by atoms with Crippen molar-refractivity contribution in [2.24, 2.45) is 0 Å². The molecule has 1 N–H and O–H groups in total. The van der Waals surface area contributed by atoms with Gasteiger partial charge in [-0.3, -0.25) is 0 Å². The van der Waals surface area contributed by atoms with Crippen LogP contribution in [0.1, 0.15) is 64.1 Å². The highest BCUT2D eigenvalue weighted by molar-refractivity contribution is 5.25. The van der Waals surface area contributed by atoms with Crippen molar-refractivity contribution in [3.05, 3.63) is 35.4 Å². The fraction of sp³-hybridized carbons (Fsp3) is 0.625. The summed E-state index contributed by atoms with van der Waals surface area (Å²) in [6.07, 6.45) is 4.69. The molecule has 0 amide bonds. The molecule has 1 unspecified atom stereocenters. The minimum absolute atomic E-state index is 0.505. The molecule has 0 radical (unpaired) electrons. The first kappa shape index (κ1) is 14.2. The van der Waals surface area contributed by atoms with Gasteiger partial charge in [0.05, 0.1) is 0 Å². The van der Waals surface area contributed by atoms with E-state index in [9.17, 15) is 0 Å². The second-order valence-corrected chi connectivity index (χ2v) is 4.74. The molecule has 1 aromatic carbocycles. The van der Waals surface area contributed by atoms with Crippen LogP contribution in [0.25, 0.3) is 0 Å². The molecule has 1 rings (SSSR count). The van der Waals surface area contributed by atoms with Crippen LogP contribution in [-0.2, 0) is 6.42 Å². The summed E-state index contributed by atoms with van der Waals surface area (Å²) in [5.41, 5.74) is 2.85. The average molecular weight is 233 g/mol. The lowest BCUT2D eigenvalue weighted by Gasteiger charge is -2.24. The SMILES string of the molecule is CCc1ccc(C(CC)NC(CC)CC)cc1. The molecule has 1 aromatic rings. The van der Waals surface area contributed by atoms with Gasteiger partial charge in [-0.1, -0.05) is 52.0 Å². The minimum atomic E-state index is 0.505. The molecule has 0 aliphatic heterocycles. The molecule has 1 atom stereocenters. The van der Waals surface area contributed by atoms with Crippen LogP contribution in [-0.4, -0.2) is 6.04 Å². The van der Waals surface area contributed by atoms with Crippen molar-refractivity contribution in [1.82, 2.24) is 5.32 Å². The van der Waals surface area contributed by atoms with E-state index in [0.29, 0.717) is 12.1 Å². The van der Waals surface area contributed by atoms with E-state index < -0.39 is 0 Å². The van der Waals surface area contributed by atoms with E-state index in [-0.39, 0.29) is 0 Å². The second kappa shape index (κ2) is 7.50. The molecule has 0 fully saturated rings. The zero-order chi connectivity index (χ0) is 12.7. The van der Waals surface area contributed by atoms with Gasteiger partial charge < -0.3 is 5.32 Å². The molecule has 96 valence electrons. The van der Waals surface area contributed by atoms with Crippen molar-refractivity contribution in [3.63, 3.8) is 0 Å². The average Bonchev–Trinajstić information content (AvgIpc) is 2.40. The molecule has 0 heterocycles. The van der Waals surface area contributed by atoms with E-state index in [4.69, 9.17) is 0 Å². The number of nitrogens with one attached hydrogen (secondary N) is 1. The number of rotatable bonds is 7. The third-order valence-electron chi connectivity index (χ3n) is 3.62. The van der Waals surface area contributed by atoms with Gasteiger partial charge in [0.25, 0.3) is 0 Å². The Bertz CT molecular complexity index is 298. The van der Waals surface area contributed by atoms with Crippen molar-refractivity contribution in [1.29, 1.82) is 0 Å². The zero-order valence-electron chi connectivity index (χ0n) is 11.8. The van der Waals surface area contributed by atoms with Crippen LogP contribution in [0.5, 0.6) is 0 Å². The van der Waals surface area contributed by atoms with Gasteiger partial charge >= 0.3 is 0 Å². The van der Waals surface area contributed by atoms with Gasteiger partial charge in [-0.25, -0.2) is 0 Å². The lowest BCUT2D eigenvalue weighted by molar-refractivity contribution is 0.407. The molecule has 17 heavy (non-hydrogen) atoms. The molecule has 1 heteroatoms. The van der Waals surface area contributed by atoms with E-state index >= 15 is 0 Å². The maximum Gasteiger partial charge on any atom is 0.0320 e. The van der Waals surface area contributed by atoms with Gasteiger partial charge in [-0.2, -0.15) is 0 Å². The Morgan fingerprint density at radius 2 is 1.47 bits per heavy atom. The lowest BCUT2D eigenvalue weighted by atomic mass is 10.00. The van der Waals surface area contributed by atoms with Crippen LogP contribution >= 0.6 is 0 Å². The van der Waals surface area contributed by atoms with Crippen LogP contribution in [0.4, 0.5) is 0 Å². The first-order chi connectivity index (χ1) is 8.24. The highest BCUT2D eigenvalue weighted by Gasteiger charge is 2.12. The Kier molecular flexibility index (Phi) is 6.28. The molecule has 0 saturated heterocycles. The van der Waals surface area contributed by atoms with Gasteiger partial charge in [0, 0.05) is 12.1 Å². The van der Waals surface area contributed by atoms with Gasteiger partial charge in [0.15, 0.2) is 0 Å². The predicted octanol–water partition coefficient (Wildman–Crippen LogP) is 4.48. The van der Waals surface area contributed by atoms with Gasteiger partial charge in [0.2, 0.25) is 0 Å². The van der Waals surface area contributed by atoms with Crippen LogP contribution in [0.2, 0.25) is 0 Å². The van der Waals surface area contributed by atoms with Crippen LogP contribution in [0, 0.1) is 0 Å². The minimum Gasteiger partial charge on any atom is -0.307 e. The van der Waals surface area contributed by atoms with Crippen molar-refractivity contribution in [3.8, 4) is 0 Å². The summed E-state index contributed by atoms with van der Waals surface area (Å²) >= 11 is 0. The summed E-state index contributed by atoms with van der Waals surface area (Å²) in [5.74, 6) is 0. The van der Waals surface area contributed by atoms with Gasteiger partial charge in [-0.15, -0.1) is 0 Å². The molecular formula is C16H27N. The smallest absolute Gasteiger partial charge is 0.0320 e. The first-order valence-corrected chi connectivity index (χ1v) is 7.09. The van der Waals surface area contributed by atoms with Crippen molar-refractivity contribution < 1.29 is 0 Å². The first-order valence-electron chi connectivity index (χ1n) is 7.09. The molecule has 0 aliphatic carbocycles. The maximum atomic E-state index is 3.76. The predicted molar refractivity (Wildman–Crippen MR) is 76.4 cm³/mol. The number of hydrogen-bond acceptors (Lipinski definition) is 1. The summed E-state index contributed by atoms with van der Waals surface area (Å²) in [7, 11) is 0. The summed E-state index contributed by atoms with van der Waals surface area (Å²) in [6, 6.07) is 10.2. The summed E-state index contributed by atoms with van der Waals surface area (Å²) in [4.78, 5) is 0. The van der Waals surface area contributed by atoms with E-state index in [0.717, 1.165) is 12.8 Å². The third-order valence-corrected chi connectivity index (χ3v) is 3.62. The van der Waals surface area contributed by atoms with Crippen molar-refractivity contribution >= 4 is 0 Å². The molecule has 0 aliphatic rings. The second-order valence-electron chi connectivity index (χ2n) is 4.74. The standard InChI is InChI=1S/C16H27N/c1-5-13-9-11-14(12-10-13)16(8-4)17-15(6-2)7-3/h9-12,15-17H,5-8H2,1-4H3. The molecule has 0 bridgehead atoms. The number of hydrogen-bond donors (Lipinski definition) is 1. The van der Waals surface area contributed by atoms with E-state index in [1.807, 2.05) is 0 Å². The van der Waals surface area contributed by atoms with Crippen molar-refractivity contribution in [2.45, 2.75) is 65.5 Å². The van der Waals surface area contributed by atoms with Gasteiger partial charge in [-0.05, 0) is 36.8 Å². The Balaban J connectivity index is 2.71. The zero-order valence-corrected chi connectivity index (χ0v) is 11.8. The number of benzene rings is 1. The Labute approximate surface area is 107 Å². The van der Waals surface area contributed by atoms with E-state index in [1.165, 1.54) is 24.0 Å². The topological polar surface area (TPSA) is 12.0 Å². The molecule has 1 nitrogen and oxygen atoms in total. The van der Waals surface area contributed by atoms with Crippen molar-refractivity contribution in [2.75, 3.05) is 0 Å². The summed E-state index contributed by atoms with van der Waals surface area (Å²) < 4.78 is 0. The lowest BCUT2D eigenvalue weighted by Crippen LogP contribution is -2.31. The normalized spacial score (nSPS) is 13.0. The third kappa shape index (κ3) is 4.16. The van der Waals surface area contributed by atoms with Crippen LogP contribution in [0.3, 0.4) is 0 Å². The highest BCUT2D eigenvalue weighted by Crippen LogP contribution is 2.19. The van der Waals surface area contributed by atoms with Gasteiger partial charge in [0.1, 0.15) is 0 Å². The Hall–Kier alpha value is -0.820. The largest absolute Gasteiger partial charge is 0.307 e. The molecular weight excluding hydrogens is 206 g/mol. The Morgan fingerprint density at radius 1 is 0.882 bits per heavy atom. The summed E-state index contributed by atoms with van der Waals surface area (Å²) in [5, 5.41) is 3.76. The molecule has 0 spiro atoms. The quantitative estimate of drug-likeness (QED) is 0.732.